The van der Waals surface area contributed by atoms with Crippen molar-refractivity contribution in [3.63, 3.8) is 0 Å². The van der Waals surface area contributed by atoms with Gasteiger partial charge in [-0.1, -0.05) is 35.8 Å². The molecule has 1 unspecified atom stereocenters. The van der Waals surface area contributed by atoms with Gasteiger partial charge >= 0.3 is 0 Å². The maximum atomic E-state index is 13.8. The smallest absolute Gasteiger partial charge is 0.244 e. The van der Waals surface area contributed by atoms with Crippen LogP contribution in [0.1, 0.15) is 37.4 Å². The molecule has 2 aromatic rings. The normalized spacial score (nSPS) is 14.8. The fraction of sp³-hybridized carbons (Fsp3) is 0.318. The number of hydrogen-bond donors (Lipinski definition) is 1. The maximum absolute atomic E-state index is 13.8. The van der Waals surface area contributed by atoms with E-state index in [0.717, 1.165) is 22.2 Å². The predicted octanol–water partition coefficient (Wildman–Crippen LogP) is 5.28. The Bertz CT molecular complexity index is 882. The number of halogens is 2. The van der Waals surface area contributed by atoms with Crippen molar-refractivity contribution in [3.05, 3.63) is 63.9 Å². The van der Waals surface area contributed by atoms with Crippen LogP contribution in [-0.4, -0.2) is 19.1 Å². The third kappa shape index (κ3) is 5.13. The molecule has 1 amide bonds. The van der Waals surface area contributed by atoms with Gasteiger partial charge < -0.3 is 14.8 Å². The van der Waals surface area contributed by atoms with Crippen LogP contribution in [0.2, 0.25) is 0 Å². The van der Waals surface area contributed by atoms with Crippen molar-refractivity contribution < 1.29 is 18.7 Å². The SMILES string of the molecule is CC(C)C(NC(=O)/C=C/c1cc(Br)ccc1F)c1ccc2c(c1)OCCCO2. The van der Waals surface area contributed by atoms with Gasteiger partial charge in [0.1, 0.15) is 5.82 Å². The lowest BCUT2D eigenvalue weighted by Gasteiger charge is -2.23. The highest BCUT2D eigenvalue weighted by molar-refractivity contribution is 9.10. The Morgan fingerprint density at radius 1 is 1.14 bits per heavy atom. The van der Waals surface area contributed by atoms with Crippen molar-refractivity contribution >= 4 is 27.9 Å². The third-order valence-electron chi connectivity index (χ3n) is 4.47. The Hall–Kier alpha value is -2.34. The van der Waals surface area contributed by atoms with Crippen molar-refractivity contribution in [2.45, 2.75) is 26.3 Å². The summed E-state index contributed by atoms with van der Waals surface area (Å²) in [7, 11) is 0. The van der Waals surface area contributed by atoms with E-state index in [4.69, 9.17) is 9.47 Å². The molecule has 1 N–H and O–H groups in total. The monoisotopic (exact) mass is 447 g/mol. The second kappa shape index (κ2) is 9.24. The van der Waals surface area contributed by atoms with Gasteiger partial charge in [0.15, 0.2) is 11.5 Å². The molecule has 1 aliphatic rings. The van der Waals surface area contributed by atoms with Crippen LogP contribution in [0.25, 0.3) is 6.08 Å². The topological polar surface area (TPSA) is 47.6 Å². The molecule has 0 fully saturated rings. The fourth-order valence-electron chi connectivity index (χ4n) is 3.02. The van der Waals surface area contributed by atoms with Crippen LogP contribution in [0.5, 0.6) is 11.5 Å². The quantitative estimate of drug-likeness (QED) is 0.634. The van der Waals surface area contributed by atoms with Gasteiger partial charge in [-0.25, -0.2) is 4.39 Å². The van der Waals surface area contributed by atoms with Crippen molar-refractivity contribution in [2.24, 2.45) is 5.92 Å². The van der Waals surface area contributed by atoms with Crippen molar-refractivity contribution in [3.8, 4) is 11.5 Å². The molecule has 6 heteroatoms. The summed E-state index contributed by atoms with van der Waals surface area (Å²) < 4.78 is 26.0. The summed E-state index contributed by atoms with van der Waals surface area (Å²) in [5.41, 5.74) is 1.29. The van der Waals surface area contributed by atoms with E-state index < -0.39 is 0 Å². The standard InChI is InChI=1S/C22H23BrFNO3/c1-14(2)22(16-4-8-19-20(13-16)28-11-3-10-27-19)25-21(26)9-5-15-12-17(23)6-7-18(15)24/h4-9,12-14,22H,3,10-11H2,1-2H3,(H,25,26)/b9-5+. The molecule has 148 valence electrons. The average molecular weight is 448 g/mol. The molecule has 3 rings (SSSR count). The predicted molar refractivity (Wildman–Crippen MR) is 111 cm³/mol. The minimum absolute atomic E-state index is 0.157. The summed E-state index contributed by atoms with van der Waals surface area (Å²) >= 11 is 3.31. The summed E-state index contributed by atoms with van der Waals surface area (Å²) in [6.07, 6.45) is 3.66. The molecular formula is C22H23BrFNO3. The van der Waals surface area contributed by atoms with E-state index in [2.05, 4.69) is 21.2 Å². The molecule has 0 spiro atoms. The number of hydrogen-bond acceptors (Lipinski definition) is 3. The molecule has 0 saturated heterocycles. The first-order chi connectivity index (χ1) is 13.4. The minimum atomic E-state index is -0.379. The number of ether oxygens (including phenoxy) is 2. The number of benzene rings is 2. The Morgan fingerprint density at radius 3 is 2.64 bits per heavy atom. The highest BCUT2D eigenvalue weighted by Gasteiger charge is 2.20. The van der Waals surface area contributed by atoms with E-state index in [0.29, 0.717) is 24.5 Å². The van der Waals surface area contributed by atoms with Crippen LogP contribution in [0, 0.1) is 11.7 Å². The first kappa shape index (κ1) is 20.4. The summed E-state index contributed by atoms with van der Waals surface area (Å²) in [5, 5.41) is 3.00. The molecular weight excluding hydrogens is 425 g/mol. The van der Waals surface area contributed by atoms with Crippen molar-refractivity contribution in [1.82, 2.24) is 5.32 Å². The summed E-state index contributed by atoms with van der Waals surface area (Å²) in [5.74, 6) is 0.909. The first-order valence-electron chi connectivity index (χ1n) is 9.27. The highest BCUT2D eigenvalue weighted by Crippen LogP contribution is 2.34. The summed E-state index contributed by atoms with van der Waals surface area (Å²) in [6.45, 7) is 5.31. The molecule has 1 atom stereocenters. The van der Waals surface area contributed by atoms with Crippen LogP contribution in [0.3, 0.4) is 0 Å². The van der Waals surface area contributed by atoms with Gasteiger partial charge in [-0.3, -0.25) is 4.79 Å². The van der Waals surface area contributed by atoms with Crippen LogP contribution in [-0.2, 0) is 4.79 Å². The molecule has 1 aliphatic heterocycles. The molecule has 0 saturated carbocycles. The Labute approximate surface area is 172 Å². The Morgan fingerprint density at radius 2 is 1.89 bits per heavy atom. The van der Waals surface area contributed by atoms with E-state index in [9.17, 15) is 9.18 Å². The van der Waals surface area contributed by atoms with Crippen LogP contribution in [0.4, 0.5) is 4.39 Å². The maximum Gasteiger partial charge on any atom is 0.244 e. The third-order valence-corrected chi connectivity index (χ3v) is 4.96. The van der Waals surface area contributed by atoms with Gasteiger partial charge in [-0.15, -0.1) is 0 Å². The minimum Gasteiger partial charge on any atom is -0.490 e. The lowest BCUT2D eigenvalue weighted by atomic mass is 9.95. The largest absolute Gasteiger partial charge is 0.490 e. The molecule has 0 aromatic heterocycles. The number of carbonyl (C=O) groups is 1. The number of amides is 1. The van der Waals surface area contributed by atoms with Gasteiger partial charge in [0.05, 0.1) is 19.3 Å². The van der Waals surface area contributed by atoms with E-state index in [-0.39, 0.29) is 23.7 Å². The number of carbonyl (C=O) groups excluding carboxylic acids is 1. The number of fused-ring (bicyclic) bond motifs is 1. The van der Waals surface area contributed by atoms with Crippen LogP contribution < -0.4 is 14.8 Å². The van der Waals surface area contributed by atoms with Crippen molar-refractivity contribution in [1.29, 1.82) is 0 Å². The molecule has 1 heterocycles. The van der Waals surface area contributed by atoms with Crippen LogP contribution >= 0.6 is 15.9 Å². The molecule has 4 nitrogen and oxygen atoms in total. The van der Waals surface area contributed by atoms with Gasteiger partial charge in [0.25, 0.3) is 0 Å². The second-order valence-electron chi connectivity index (χ2n) is 6.99. The van der Waals surface area contributed by atoms with E-state index in [1.54, 1.807) is 12.1 Å². The number of rotatable bonds is 5. The Balaban J connectivity index is 1.76. The number of nitrogens with one attached hydrogen (secondary N) is 1. The summed E-state index contributed by atoms with van der Waals surface area (Å²) in [4.78, 5) is 12.5. The summed E-state index contributed by atoms with van der Waals surface area (Å²) in [6, 6.07) is 10.1. The van der Waals surface area contributed by atoms with Crippen LogP contribution in [0.15, 0.2) is 46.9 Å². The van der Waals surface area contributed by atoms with Gasteiger partial charge in [0.2, 0.25) is 5.91 Å². The van der Waals surface area contributed by atoms with Gasteiger partial charge in [-0.2, -0.15) is 0 Å². The zero-order chi connectivity index (χ0) is 20.1. The van der Waals surface area contributed by atoms with E-state index in [1.165, 1.54) is 18.2 Å². The van der Waals surface area contributed by atoms with Gasteiger partial charge in [0, 0.05) is 22.5 Å². The molecule has 0 aliphatic carbocycles. The zero-order valence-electron chi connectivity index (χ0n) is 15.9. The van der Waals surface area contributed by atoms with E-state index in [1.807, 2.05) is 32.0 Å². The van der Waals surface area contributed by atoms with Gasteiger partial charge in [-0.05, 0) is 47.9 Å². The fourth-order valence-corrected chi connectivity index (χ4v) is 3.40. The Kier molecular flexibility index (Phi) is 6.73. The molecule has 0 radical (unpaired) electrons. The molecule has 28 heavy (non-hydrogen) atoms. The van der Waals surface area contributed by atoms with E-state index >= 15 is 0 Å². The zero-order valence-corrected chi connectivity index (χ0v) is 17.5. The highest BCUT2D eigenvalue weighted by atomic mass is 79.9. The average Bonchev–Trinajstić information content (AvgIpc) is 2.91. The molecule has 2 aromatic carbocycles. The molecule has 0 bridgehead atoms. The second-order valence-corrected chi connectivity index (χ2v) is 7.90. The first-order valence-corrected chi connectivity index (χ1v) is 10.1. The lowest BCUT2D eigenvalue weighted by molar-refractivity contribution is -0.117. The van der Waals surface area contributed by atoms with Crippen molar-refractivity contribution in [2.75, 3.05) is 13.2 Å². The lowest BCUT2D eigenvalue weighted by Crippen LogP contribution is -2.30.